The van der Waals surface area contributed by atoms with E-state index in [0.717, 1.165) is 125 Å². The summed E-state index contributed by atoms with van der Waals surface area (Å²) in [4.78, 5) is 67.4. The summed E-state index contributed by atoms with van der Waals surface area (Å²) in [5.41, 5.74) is 6.59. The molecular formula is C67H85BrN6O9S. The number of fused-ring (bicyclic) bond motifs is 2. The second-order valence-corrected chi connectivity index (χ2v) is 25.1. The van der Waals surface area contributed by atoms with Crippen molar-refractivity contribution in [3.8, 4) is 22.6 Å². The number of rotatable bonds is 23. The Hall–Kier alpha value is -6.40. The van der Waals surface area contributed by atoms with Crippen LogP contribution < -0.4 is 19.7 Å². The summed E-state index contributed by atoms with van der Waals surface area (Å²) in [5, 5.41) is 3.58. The molecule has 0 radical (unpaired) electrons. The predicted octanol–water partition coefficient (Wildman–Crippen LogP) is 13.8. The Morgan fingerprint density at radius 2 is 1.31 bits per heavy atom. The number of hydrogen-bond donors (Lipinski definition) is 1. The molecule has 5 heterocycles. The number of unbranched alkanes of at least 4 members (excludes halogenated alkanes) is 2. The van der Waals surface area contributed by atoms with Crippen LogP contribution in [0.3, 0.4) is 0 Å². The smallest absolute Gasteiger partial charge is 0.358 e. The molecule has 84 heavy (non-hydrogen) atoms. The van der Waals surface area contributed by atoms with Crippen molar-refractivity contribution < 1.29 is 42.9 Å². The molecule has 0 spiro atoms. The number of esters is 3. The van der Waals surface area contributed by atoms with Crippen molar-refractivity contribution in [3.63, 3.8) is 0 Å². The molecule has 3 aliphatic rings. The number of hydrogen-bond acceptors (Lipinski definition) is 15. The van der Waals surface area contributed by atoms with Crippen molar-refractivity contribution >= 4 is 72.2 Å². The van der Waals surface area contributed by atoms with Crippen molar-refractivity contribution in [3.05, 3.63) is 129 Å². The normalized spacial score (nSPS) is 16.5. The number of para-hydroxylation sites is 1. The van der Waals surface area contributed by atoms with Gasteiger partial charge in [-0.2, -0.15) is 0 Å². The molecule has 0 saturated carbocycles. The topological polar surface area (TPSA) is 162 Å². The van der Waals surface area contributed by atoms with Gasteiger partial charge in [0.2, 0.25) is 0 Å². The van der Waals surface area contributed by atoms with Gasteiger partial charge in [-0.05, 0) is 215 Å². The molecule has 1 N–H and O–H groups in total. The molecule has 9 rings (SSSR count). The minimum atomic E-state index is -0.724. The third-order valence-corrected chi connectivity index (χ3v) is 17.5. The lowest BCUT2D eigenvalue weighted by Crippen LogP contribution is -2.39. The van der Waals surface area contributed by atoms with Crippen molar-refractivity contribution in [2.75, 3.05) is 82.5 Å². The van der Waals surface area contributed by atoms with Gasteiger partial charge in [-0.15, -0.1) is 0 Å². The molecule has 17 heteroatoms. The third kappa shape index (κ3) is 18.3. The Morgan fingerprint density at radius 3 is 1.94 bits per heavy atom. The average molecular weight is 1230 g/mol. The van der Waals surface area contributed by atoms with Crippen LogP contribution in [-0.2, 0) is 36.8 Å². The van der Waals surface area contributed by atoms with E-state index >= 15 is 0 Å². The van der Waals surface area contributed by atoms with Crippen molar-refractivity contribution in [1.29, 1.82) is 0 Å². The molecule has 15 nitrogen and oxygen atoms in total. The Labute approximate surface area is 509 Å². The summed E-state index contributed by atoms with van der Waals surface area (Å²) >= 11 is 4.99. The maximum atomic E-state index is 13.9. The van der Waals surface area contributed by atoms with Gasteiger partial charge in [0.25, 0.3) is 5.91 Å². The highest BCUT2D eigenvalue weighted by Gasteiger charge is 2.29. The fourth-order valence-corrected chi connectivity index (χ4v) is 12.7. The first-order valence-electron chi connectivity index (χ1n) is 30.2. The molecule has 4 aromatic carbocycles. The Balaban J connectivity index is 0.000000307. The van der Waals surface area contributed by atoms with Gasteiger partial charge in [0.1, 0.15) is 22.9 Å². The molecule has 6 aromatic rings. The summed E-state index contributed by atoms with van der Waals surface area (Å²) in [6.45, 7) is 21.4. The van der Waals surface area contributed by atoms with Crippen LogP contribution in [0, 0.1) is 25.7 Å². The van der Waals surface area contributed by atoms with Crippen molar-refractivity contribution in [2.45, 2.75) is 131 Å². The number of aromatic nitrogens is 2. The molecular weight excluding hydrogens is 1140 g/mol. The number of ether oxygens (including phenoxy) is 5. The second kappa shape index (κ2) is 31.1. The van der Waals surface area contributed by atoms with E-state index in [1.54, 1.807) is 0 Å². The van der Waals surface area contributed by atoms with Gasteiger partial charge in [0.05, 0.1) is 49.7 Å². The van der Waals surface area contributed by atoms with Crippen LogP contribution in [0.25, 0.3) is 21.3 Å². The minimum Gasteiger partial charge on any atom is -0.493 e. The first-order chi connectivity index (χ1) is 40.5. The van der Waals surface area contributed by atoms with Gasteiger partial charge in [-0.25, -0.2) is 14.8 Å². The molecule has 450 valence electrons. The molecule has 2 aromatic heterocycles. The van der Waals surface area contributed by atoms with Gasteiger partial charge >= 0.3 is 17.9 Å². The largest absolute Gasteiger partial charge is 0.493 e. The summed E-state index contributed by atoms with van der Waals surface area (Å²) in [6, 6.07) is 29.6. The van der Waals surface area contributed by atoms with Crippen LogP contribution in [-0.4, -0.2) is 121 Å². The quantitative estimate of drug-likeness (QED) is 0.0366. The molecule has 0 unspecified atom stereocenters. The van der Waals surface area contributed by atoms with E-state index in [9.17, 15) is 19.2 Å². The van der Waals surface area contributed by atoms with E-state index in [-0.39, 0.29) is 23.5 Å². The maximum absolute atomic E-state index is 13.9. The number of nitrogens with one attached hydrogen (secondary N) is 1. The number of benzene rings is 4. The number of nitrogens with zero attached hydrogens (tertiary/aromatic N) is 5. The van der Waals surface area contributed by atoms with Gasteiger partial charge in [0.15, 0.2) is 10.8 Å². The van der Waals surface area contributed by atoms with Gasteiger partial charge in [-0.3, -0.25) is 29.5 Å². The highest BCUT2D eigenvalue weighted by Crippen LogP contribution is 2.36. The molecule has 3 aliphatic heterocycles. The molecule has 2 fully saturated rings. The van der Waals surface area contributed by atoms with E-state index < -0.39 is 11.6 Å². The zero-order valence-electron chi connectivity index (χ0n) is 50.3. The van der Waals surface area contributed by atoms with Crippen molar-refractivity contribution in [1.82, 2.24) is 19.8 Å². The summed E-state index contributed by atoms with van der Waals surface area (Å²) in [7, 11) is 0. The number of anilines is 2. The van der Waals surface area contributed by atoms with Crippen LogP contribution in [0.5, 0.6) is 11.5 Å². The maximum Gasteiger partial charge on any atom is 0.358 e. The van der Waals surface area contributed by atoms with Gasteiger partial charge < -0.3 is 28.6 Å². The number of thiazole rings is 1. The Bertz CT molecular complexity index is 3150. The first-order valence-corrected chi connectivity index (χ1v) is 31.8. The fraction of sp³-hybridized carbons (Fsp3) is 0.493. The minimum absolute atomic E-state index is 0.0964. The fourth-order valence-electron chi connectivity index (χ4n) is 11.5. The lowest BCUT2D eigenvalue weighted by molar-refractivity contribution is -0.145. The van der Waals surface area contributed by atoms with Crippen molar-refractivity contribution in [2.24, 2.45) is 11.8 Å². The molecule has 2 saturated heterocycles. The van der Waals surface area contributed by atoms with E-state index in [1.807, 2.05) is 126 Å². The zero-order valence-corrected chi connectivity index (χ0v) is 52.7. The van der Waals surface area contributed by atoms with E-state index in [1.165, 1.54) is 43.4 Å². The number of carbonyl (C=O) groups excluding carboxylic acids is 4. The second-order valence-electron chi connectivity index (χ2n) is 23.2. The number of carbonyl (C=O) groups is 4. The predicted molar refractivity (Wildman–Crippen MR) is 338 cm³/mol. The van der Waals surface area contributed by atoms with E-state index in [0.29, 0.717) is 79.9 Å². The molecule has 2 atom stereocenters. The number of pyridine rings is 1. The summed E-state index contributed by atoms with van der Waals surface area (Å²) in [5.74, 6) is 2.68. The van der Waals surface area contributed by atoms with Crippen LogP contribution in [0.4, 0.5) is 10.9 Å². The lowest BCUT2D eigenvalue weighted by Gasteiger charge is -2.32. The highest BCUT2D eigenvalue weighted by molar-refractivity contribution is 9.10. The third-order valence-electron chi connectivity index (χ3n) is 15.7. The molecule has 0 aliphatic carbocycles. The van der Waals surface area contributed by atoms with E-state index in [4.69, 9.17) is 28.7 Å². The van der Waals surface area contributed by atoms with Crippen LogP contribution in [0.15, 0.2) is 95.5 Å². The lowest BCUT2D eigenvalue weighted by atomic mass is 9.93. The van der Waals surface area contributed by atoms with Crippen LogP contribution in [0.2, 0.25) is 0 Å². The molecule has 0 bridgehead atoms. The Morgan fingerprint density at radius 1 is 0.690 bits per heavy atom. The Kier molecular flexibility index (Phi) is 23.6. The number of halogens is 1. The number of likely N-dealkylation sites (tertiary alicyclic amines) is 2. The van der Waals surface area contributed by atoms with E-state index in [2.05, 4.69) is 53.9 Å². The van der Waals surface area contributed by atoms with Crippen LogP contribution in [0.1, 0.15) is 142 Å². The van der Waals surface area contributed by atoms with Crippen LogP contribution >= 0.6 is 27.3 Å². The SMILES string of the molecule is CCOC(=O)CN1CCC[C@@H](CCCCOc2cccc(-c3ccc(N4CCc5cccc(C(=O)Nc6nc7ccccc7s6)c5C4)nc3C(=O)OC(C)(C)C)c2C)C1.CCOC(=O)CN1CCC[C@@H](CCCCOc2cccc(Br)c2C)C1. The first kappa shape index (κ1) is 63.6. The molecule has 1 amide bonds. The highest BCUT2D eigenvalue weighted by atomic mass is 79.9. The number of piperidine rings is 2. The summed E-state index contributed by atoms with van der Waals surface area (Å²) in [6.07, 6.45) is 12.0. The standard InChI is InChI=1S/C47H55N5O6S.C20H30BrNO3/c1-6-56-42(53)30-51-25-13-15-32(28-51)14-9-10-27-57-39-20-12-17-34(31(39)2)35-22-23-41(49-43(35)45(55)58-47(3,4)5)52-26-24-33-16-11-18-36(37(33)29-52)44(54)50-46-48-38-19-7-8-21-40(38)59-46;1-3-24-20(23)15-22-12-7-9-17(14-22)8-4-5-13-25-19-11-6-10-18(21)16(19)2/h7-8,11-12,16-23,32H,6,9-10,13-15,24-30H2,1-5H3,(H,48,50,54);6,10-11,17H,3-5,7-9,12-15H2,1-2H3/t32-;17-/m11/s1. The number of amides is 1. The zero-order chi connectivity index (χ0) is 59.6. The average Bonchev–Trinajstić information content (AvgIpc) is 3.65. The monoisotopic (exact) mass is 1230 g/mol. The van der Waals surface area contributed by atoms with Gasteiger partial charge in [0, 0.05) is 47.3 Å². The van der Waals surface area contributed by atoms with Gasteiger partial charge in [-0.1, -0.05) is 69.7 Å². The summed E-state index contributed by atoms with van der Waals surface area (Å²) < 4.78 is 30.5.